The van der Waals surface area contributed by atoms with Gasteiger partial charge >= 0.3 is 0 Å². The molecule has 0 aliphatic heterocycles. The monoisotopic (exact) mass is 351 g/mol. The third-order valence-corrected chi connectivity index (χ3v) is 2.98. The fourth-order valence-electron chi connectivity index (χ4n) is 1.20. The van der Waals surface area contributed by atoms with E-state index in [4.69, 9.17) is 8.37 Å². The van der Waals surface area contributed by atoms with Crippen LogP contribution < -0.4 is 4.18 Å². The quantitative estimate of drug-likeness (QED) is 0.482. The Morgan fingerprint density at radius 2 is 2.31 bits per heavy atom. The molecule has 0 aliphatic rings. The van der Waals surface area contributed by atoms with Crippen molar-refractivity contribution in [2.24, 2.45) is 0 Å². The highest BCUT2D eigenvalue weighted by Gasteiger charge is 2.12. The van der Waals surface area contributed by atoms with Crippen molar-refractivity contribution in [3.63, 3.8) is 0 Å². The van der Waals surface area contributed by atoms with Gasteiger partial charge in [0.05, 0.1) is 6.61 Å². The number of nitrogens with zero attached hydrogens (tertiary/aromatic N) is 3. The zero-order valence-electron chi connectivity index (χ0n) is 8.81. The molecule has 2 rings (SSSR count). The SMILES string of the molecule is CCOSOc1c(C)nc2ccc(I)nn12. The molecule has 0 N–H and O–H groups in total. The van der Waals surface area contributed by atoms with Gasteiger partial charge in [-0.05, 0) is 48.6 Å². The Balaban J connectivity index is 2.34. The van der Waals surface area contributed by atoms with Gasteiger partial charge in [-0.3, -0.25) is 4.18 Å². The molecule has 0 unspecified atom stereocenters. The highest BCUT2D eigenvalue weighted by molar-refractivity contribution is 14.1. The standard InChI is InChI=1S/C9H10IN3O2S/c1-3-14-16-15-9-6(2)11-8-5-4-7(10)12-13(8)9/h4-5H,3H2,1-2H3. The van der Waals surface area contributed by atoms with Crippen molar-refractivity contribution >= 4 is 40.6 Å². The first-order valence-corrected chi connectivity index (χ1v) is 6.45. The van der Waals surface area contributed by atoms with Crippen molar-refractivity contribution in [3.05, 3.63) is 21.5 Å². The van der Waals surface area contributed by atoms with E-state index in [1.54, 1.807) is 4.52 Å². The van der Waals surface area contributed by atoms with E-state index in [1.807, 2.05) is 26.0 Å². The fraction of sp³-hybridized carbons (Fsp3) is 0.333. The van der Waals surface area contributed by atoms with Crippen LogP contribution in [0.1, 0.15) is 12.6 Å². The average molecular weight is 351 g/mol. The smallest absolute Gasteiger partial charge is 0.255 e. The third-order valence-electron chi connectivity index (χ3n) is 1.85. The van der Waals surface area contributed by atoms with Crippen LogP contribution in [0.4, 0.5) is 0 Å². The molecule has 16 heavy (non-hydrogen) atoms. The summed E-state index contributed by atoms with van der Waals surface area (Å²) in [7, 11) is 0. The molecule has 0 aliphatic carbocycles. The average Bonchev–Trinajstić information content (AvgIpc) is 2.56. The number of aryl methyl sites for hydroxylation is 1. The van der Waals surface area contributed by atoms with E-state index in [0.29, 0.717) is 12.5 Å². The molecule has 7 heteroatoms. The van der Waals surface area contributed by atoms with Crippen LogP contribution in [-0.4, -0.2) is 21.2 Å². The number of rotatable bonds is 4. The molecule has 5 nitrogen and oxygen atoms in total. The molecular weight excluding hydrogens is 341 g/mol. The van der Waals surface area contributed by atoms with Crippen LogP contribution in [0.5, 0.6) is 5.88 Å². The number of halogens is 1. The number of hydrogen-bond acceptors (Lipinski definition) is 5. The normalized spacial score (nSPS) is 10.9. The van der Waals surface area contributed by atoms with Gasteiger partial charge in [0.2, 0.25) is 12.3 Å². The molecule has 0 saturated heterocycles. The van der Waals surface area contributed by atoms with E-state index in [2.05, 4.69) is 32.7 Å². The Morgan fingerprint density at radius 3 is 3.06 bits per heavy atom. The van der Waals surface area contributed by atoms with Gasteiger partial charge in [0.25, 0.3) is 5.88 Å². The lowest BCUT2D eigenvalue weighted by Crippen LogP contribution is -1.97. The van der Waals surface area contributed by atoms with Crippen LogP contribution in [0.2, 0.25) is 0 Å². The van der Waals surface area contributed by atoms with Crippen LogP contribution in [-0.2, 0) is 4.18 Å². The van der Waals surface area contributed by atoms with E-state index in [1.165, 1.54) is 0 Å². The lowest BCUT2D eigenvalue weighted by molar-refractivity contribution is 0.365. The largest absolute Gasteiger partial charge is 0.377 e. The minimum absolute atomic E-state index is 0.589. The summed E-state index contributed by atoms with van der Waals surface area (Å²) in [5.74, 6) is 0.604. The minimum atomic E-state index is 0.589. The van der Waals surface area contributed by atoms with Gasteiger partial charge in [0.15, 0.2) is 5.65 Å². The molecular formula is C9H10IN3O2S. The summed E-state index contributed by atoms with van der Waals surface area (Å²) in [5.41, 5.74) is 1.56. The molecule has 2 heterocycles. The summed E-state index contributed by atoms with van der Waals surface area (Å²) in [5, 5.41) is 4.32. The summed E-state index contributed by atoms with van der Waals surface area (Å²) in [6, 6.07) is 3.81. The summed E-state index contributed by atoms with van der Waals surface area (Å²) in [6.07, 6.45) is 0. The highest BCUT2D eigenvalue weighted by atomic mass is 127. The number of hydrogen-bond donors (Lipinski definition) is 0. The first kappa shape index (κ1) is 11.9. The zero-order valence-corrected chi connectivity index (χ0v) is 11.8. The van der Waals surface area contributed by atoms with Gasteiger partial charge in [-0.15, -0.1) is 0 Å². The van der Waals surface area contributed by atoms with Crippen molar-refractivity contribution in [2.45, 2.75) is 13.8 Å². The van der Waals surface area contributed by atoms with Gasteiger partial charge in [-0.2, -0.15) is 9.61 Å². The summed E-state index contributed by atoms with van der Waals surface area (Å²) < 4.78 is 13.0. The minimum Gasteiger partial charge on any atom is -0.377 e. The van der Waals surface area contributed by atoms with Gasteiger partial charge in [0.1, 0.15) is 9.39 Å². The summed E-state index contributed by atoms with van der Waals surface area (Å²) in [6.45, 7) is 4.37. The molecule has 0 bridgehead atoms. The first-order valence-electron chi connectivity index (χ1n) is 4.70. The van der Waals surface area contributed by atoms with E-state index in [-0.39, 0.29) is 0 Å². The molecule has 0 fully saturated rings. The van der Waals surface area contributed by atoms with Crippen LogP contribution in [0.15, 0.2) is 12.1 Å². The molecule has 2 aromatic rings. The van der Waals surface area contributed by atoms with E-state index >= 15 is 0 Å². The van der Waals surface area contributed by atoms with Gasteiger partial charge in [0, 0.05) is 0 Å². The maximum atomic E-state index is 5.41. The summed E-state index contributed by atoms with van der Waals surface area (Å²) >= 11 is 3.09. The Morgan fingerprint density at radius 1 is 1.50 bits per heavy atom. The van der Waals surface area contributed by atoms with Crippen LogP contribution in [0.25, 0.3) is 5.65 Å². The lowest BCUT2D eigenvalue weighted by Gasteiger charge is -2.02. The summed E-state index contributed by atoms with van der Waals surface area (Å²) in [4.78, 5) is 4.34. The molecule has 2 aromatic heterocycles. The molecule has 0 radical (unpaired) electrons. The predicted molar refractivity (Wildman–Crippen MR) is 70.3 cm³/mol. The van der Waals surface area contributed by atoms with E-state index in [9.17, 15) is 0 Å². The predicted octanol–water partition coefficient (Wildman–Crippen LogP) is 2.62. The Bertz CT molecular complexity index is 503. The second-order valence-electron chi connectivity index (χ2n) is 2.99. The van der Waals surface area contributed by atoms with Crippen molar-refractivity contribution in [1.29, 1.82) is 0 Å². The fourth-order valence-corrected chi connectivity index (χ4v) is 2.00. The van der Waals surface area contributed by atoms with Gasteiger partial charge in [-0.25, -0.2) is 4.98 Å². The van der Waals surface area contributed by atoms with Crippen molar-refractivity contribution < 1.29 is 8.37 Å². The van der Waals surface area contributed by atoms with Crippen molar-refractivity contribution in [1.82, 2.24) is 14.6 Å². The Hall–Kier alpha value is -0.540. The third kappa shape index (κ3) is 2.41. The topological polar surface area (TPSA) is 48.7 Å². The number of imidazole rings is 1. The zero-order chi connectivity index (χ0) is 11.5. The van der Waals surface area contributed by atoms with E-state index in [0.717, 1.165) is 27.4 Å². The molecule has 0 saturated carbocycles. The molecule has 86 valence electrons. The number of aromatic nitrogens is 3. The van der Waals surface area contributed by atoms with Crippen LogP contribution >= 0.6 is 34.9 Å². The lowest BCUT2D eigenvalue weighted by atomic mass is 10.5. The maximum Gasteiger partial charge on any atom is 0.255 e. The number of fused-ring (bicyclic) bond motifs is 1. The molecule has 0 amide bonds. The Labute approximate surface area is 111 Å². The molecule has 0 aromatic carbocycles. The van der Waals surface area contributed by atoms with Crippen LogP contribution in [0.3, 0.4) is 0 Å². The molecule has 0 atom stereocenters. The Kier molecular flexibility index (Phi) is 3.87. The van der Waals surface area contributed by atoms with E-state index < -0.39 is 0 Å². The second-order valence-corrected chi connectivity index (χ2v) is 4.63. The first-order chi connectivity index (χ1) is 7.72. The highest BCUT2D eigenvalue weighted by Crippen LogP contribution is 2.23. The van der Waals surface area contributed by atoms with Crippen molar-refractivity contribution in [3.8, 4) is 5.88 Å². The molecule has 0 spiro atoms. The maximum absolute atomic E-state index is 5.41. The second kappa shape index (κ2) is 5.19. The van der Waals surface area contributed by atoms with Gasteiger partial charge in [-0.1, -0.05) is 0 Å². The van der Waals surface area contributed by atoms with Crippen LogP contribution in [0, 0.1) is 10.6 Å². The van der Waals surface area contributed by atoms with Crippen molar-refractivity contribution in [2.75, 3.05) is 6.61 Å². The van der Waals surface area contributed by atoms with Gasteiger partial charge < -0.3 is 4.18 Å².